The molecule has 0 saturated carbocycles. The number of nitrogens with zero attached hydrogens (tertiary/aromatic N) is 2. The van der Waals surface area contributed by atoms with Crippen molar-refractivity contribution in [2.45, 2.75) is 51.2 Å². The molecule has 1 heterocycles. The Balaban J connectivity index is 2.91. The quantitative estimate of drug-likeness (QED) is 0.781. The van der Waals surface area contributed by atoms with Crippen molar-refractivity contribution >= 4 is 21.6 Å². The van der Waals surface area contributed by atoms with Gasteiger partial charge in [-0.25, -0.2) is 18.1 Å². The first-order valence-electron chi connectivity index (χ1n) is 6.06. The van der Waals surface area contributed by atoms with Gasteiger partial charge in [-0.3, -0.25) is 0 Å². The van der Waals surface area contributed by atoms with Crippen LogP contribution in [0.2, 0.25) is 0 Å². The van der Waals surface area contributed by atoms with Gasteiger partial charge >= 0.3 is 0 Å². The Labute approximate surface area is 114 Å². The summed E-state index contributed by atoms with van der Waals surface area (Å²) in [5.41, 5.74) is 0. The second-order valence-corrected chi connectivity index (χ2v) is 6.16. The van der Waals surface area contributed by atoms with Crippen LogP contribution in [0, 0.1) is 6.92 Å². The van der Waals surface area contributed by atoms with Gasteiger partial charge in [-0.1, -0.05) is 6.92 Å². The number of hydrogen-bond acceptors (Lipinski definition) is 3. The molecule has 0 fully saturated rings. The van der Waals surface area contributed by atoms with E-state index in [1.54, 1.807) is 17.7 Å². The van der Waals surface area contributed by atoms with Crippen LogP contribution in [0.5, 0.6) is 0 Å². The number of rotatable bonds is 7. The van der Waals surface area contributed by atoms with Crippen LogP contribution in [0.1, 0.15) is 32.5 Å². The molecule has 1 unspecified atom stereocenters. The van der Waals surface area contributed by atoms with E-state index in [0.717, 1.165) is 0 Å². The van der Waals surface area contributed by atoms with Gasteiger partial charge in [0.05, 0.1) is 0 Å². The maximum Gasteiger partial charge on any atom is 0.259 e. The maximum absolute atomic E-state index is 12.1. The van der Waals surface area contributed by atoms with Gasteiger partial charge in [0.1, 0.15) is 5.82 Å². The Hall–Kier alpha value is -0.590. The molecule has 0 amide bonds. The molecule has 0 aliphatic heterocycles. The molecule has 0 radical (unpaired) electrons. The van der Waals surface area contributed by atoms with Crippen LogP contribution in [0.4, 0.5) is 0 Å². The van der Waals surface area contributed by atoms with E-state index in [0.29, 0.717) is 31.1 Å². The molecule has 1 rings (SSSR count). The summed E-state index contributed by atoms with van der Waals surface area (Å²) in [6.45, 7) is 6.36. The van der Waals surface area contributed by atoms with Crippen molar-refractivity contribution in [2.75, 3.05) is 5.88 Å². The topological polar surface area (TPSA) is 64.0 Å². The first kappa shape index (κ1) is 15.5. The molecule has 1 N–H and O–H groups in total. The van der Waals surface area contributed by atoms with Crippen molar-refractivity contribution in [2.24, 2.45) is 0 Å². The third kappa shape index (κ3) is 3.70. The highest BCUT2D eigenvalue weighted by molar-refractivity contribution is 7.89. The van der Waals surface area contributed by atoms with Crippen LogP contribution in [0.15, 0.2) is 11.2 Å². The van der Waals surface area contributed by atoms with E-state index in [1.807, 2.05) is 13.8 Å². The predicted octanol–water partition coefficient (Wildman–Crippen LogP) is 1.90. The van der Waals surface area contributed by atoms with E-state index in [2.05, 4.69) is 9.71 Å². The standard InChI is InChI=1S/C11H20ClN3O2S/c1-4-10(6-7-12)14-18(16,17)11-8-15(5-2)9(3)13-11/h8,10,14H,4-7H2,1-3H3. The minimum absolute atomic E-state index is 0.0786. The van der Waals surface area contributed by atoms with Gasteiger partial charge in [0.15, 0.2) is 5.03 Å². The molecule has 0 spiro atoms. The molecular formula is C11H20ClN3O2S. The Morgan fingerprint density at radius 1 is 1.50 bits per heavy atom. The zero-order valence-corrected chi connectivity index (χ0v) is 12.6. The third-order valence-electron chi connectivity index (χ3n) is 2.84. The highest BCUT2D eigenvalue weighted by Gasteiger charge is 2.22. The van der Waals surface area contributed by atoms with Crippen molar-refractivity contribution in [3.8, 4) is 0 Å². The zero-order chi connectivity index (χ0) is 13.8. The van der Waals surface area contributed by atoms with Crippen LogP contribution in [0.25, 0.3) is 0 Å². The van der Waals surface area contributed by atoms with Crippen molar-refractivity contribution in [3.63, 3.8) is 0 Å². The van der Waals surface area contributed by atoms with Crippen LogP contribution in [-0.4, -0.2) is 29.9 Å². The second kappa shape index (κ2) is 6.54. The van der Waals surface area contributed by atoms with Crippen LogP contribution in [0.3, 0.4) is 0 Å². The number of imidazole rings is 1. The fourth-order valence-electron chi connectivity index (χ4n) is 1.69. The summed E-state index contributed by atoms with van der Waals surface area (Å²) in [7, 11) is -3.55. The van der Waals surface area contributed by atoms with E-state index < -0.39 is 10.0 Å². The summed E-state index contributed by atoms with van der Waals surface area (Å²) >= 11 is 5.65. The molecule has 7 heteroatoms. The number of sulfonamides is 1. The predicted molar refractivity (Wildman–Crippen MR) is 72.4 cm³/mol. The minimum atomic E-state index is -3.55. The van der Waals surface area contributed by atoms with Crippen LogP contribution < -0.4 is 4.72 Å². The Bertz CT molecular complexity index is 484. The normalized spacial score (nSPS) is 13.8. The monoisotopic (exact) mass is 293 g/mol. The van der Waals surface area contributed by atoms with Gasteiger partial charge in [-0.05, 0) is 26.7 Å². The van der Waals surface area contributed by atoms with Crippen molar-refractivity contribution in [3.05, 3.63) is 12.0 Å². The smallest absolute Gasteiger partial charge is 0.259 e. The summed E-state index contributed by atoms with van der Waals surface area (Å²) in [5.74, 6) is 1.13. The highest BCUT2D eigenvalue weighted by Crippen LogP contribution is 2.11. The van der Waals surface area contributed by atoms with Gasteiger partial charge in [-0.15, -0.1) is 11.6 Å². The average molecular weight is 294 g/mol. The summed E-state index contributed by atoms with van der Waals surface area (Å²) in [5, 5.41) is 0.0786. The lowest BCUT2D eigenvalue weighted by Gasteiger charge is -2.14. The molecule has 0 bridgehead atoms. The number of hydrogen-bond donors (Lipinski definition) is 1. The molecule has 0 aromatic carbocycles. The maximum atomic E-state index is 12.1. The molecule has 1 aromatic rings. The summed E-state index contributed by atoms with van der Waals surface area (Å²) in [6.07, 6.45) is 2.88. The van der Waals surface area contributed by atoms with Crippen molar-refractivity contribution in [1.29, 1.82) is 0 Å². The van der Waals surface area contributed by atoms with E-state index in [-0.39, 0.29) is 11.1 Å². The van der Waals surface area contributed by atoms with Gasteiger partial charge in [-0.2, -0.15) is 0 Å². The molecule has 0 aliphatic carbocycles. The lowest BCUT2D eigenvalue weighted by atomic mass is 10.2. The number of halogens is 1. The molecule has 5 nitrogen and oxygen atoms in total. The summed E-state index contributed by atoms with van der Waals surface area (Å²) in [4.78, 5) is 4.08. The van der Waals surface area contributed by atoms with Gasteiger partial charge in [0.25, 0.3) is 10.0 Å². The second-order valence-electron chi connectivity index (χ2n) is 4.12. The number of aromatic nitrogens is 2. The molecule has 0 aliphatic rings. The average Bonchev–Trinajstić information content (AvgIpc) is 2.70. The Kier molecular flexibility index (Phi) is 5.62. The van der Waals surface area contributed by atoms with E-state index in [1.165, 1.54) is 0 Å². The zero-order valence-electron chi connectivity index (χ0n) is 11.0. The summed E-state index contributed by atoms with van der Waals surface area (Å²) in [6, 6.07) is -0.139. The Morgan fingerprint density at radius 2 is 2.17 bits per heavy atom. The summed E-state index contributed by atoms with van der Waals surface area (Å²) < 4.78 is 28.7. The van der Waals surface area contributed by atoms with E-state index >= 15 is 0 Å². The van der Waals surface area contributed by atoms with Crippen molar-refractivity contribution in [1.82, 2.24) is 14.3 Å². The first-order chi connectivity index (χ1) is 8.44. The lowest BCUT2D eigenvalue weighted by Crippen LogP contribution is -2.34. The minimum Gasteiger partial charge on any atom is -0.334 e. The molecule has 18 heavy (non-hydrogen) atoms. The Morgan fingerprint density at radius 3 is 2.61 bits per heavy atom. The number of nitrogens with one attached hydrogen (secondary N) is 1. The molecule has 1 aromatic heterocycles. The SMILES string of the molecule is CCC(CCCl)NS(=O)(=O)c1cn(CC)c(C)n1. The van der Waals surface area contributed by atoms with Crippen molar-refractivity contribution < 1.29 is 8.42 Å². The van der Waals surface area contributed by atoms with Gasteiger partial charge in [0.2, 0.25) is 0 Å². The largest absolute Gasteiger partial charge is 0.334 e. The molecule has 104 valence electrons. The highest BCUT2D eigenvalue weighted by atomic mass is 35.5. The fourth-order valence-corrected chi connectivity index (χ4v) is 3.31. The first-order valence-corrected chi connectivity index (χ1v) is 8.08. The fraction of sp³-hybridized carbons (Fsp3) is 0.727. The molecule has 1 atom stereocenters. The molecular weight excluding hydrogens is 274 g/mol. The van der Waals surface area contributed by atoms with E-state index in [9.17, 15) is 8.42 Å². The van der Waals surface area contributed by atoms with Gasteiger partial charge < -0.3 is 4.57 Å². The van der Waals surface area contributed by atoms with Crippen LogP contribution >= 0.6 is 11.6 Å². The third-order valence-corrected chi connectivity index (χ3v) is 4.45. The lowest BCUT2D eigenvalue weighted by molar-refractivity contribution is 0.529. The van der Waals surface area contributed by atoms with E-state index in [4.69, 9.17) is 11.6 Å². The number of aryl methyl sites for hydroxylation is 2. The van der Waals surface area contributed by atoms with Gasteiger partial charge in [0, 0.05) is 24.7 Å². The molecule has 0 saturated heterocycles. The van der Waals surface area contributed by atoms with Crippen LogP contribution in [-0.2, 0) is 16.6 Å². The number of alkyl halides is 1.